The van der Waals surface area contributed by atoms with Crippen LogP contribution in [-0.4, -0.2) is 38.9 Å². The van der Waals surface area contributed by atoms with Crippen molar-refractivity contribution in [3.05, 3.63) is 17.0 Å². The second kappa shape index (κ2) is 3.57. The van der Waals surface area contributed by atoms with Crippen LogP contribution >= 0.6 is 11.6 Å². The molecule has 0 bridgehead atoms. The van der Waals surface area contributed by atoms with Gasteiger partial charge in [-0.15, -0.1) is 0 Å². The molecule has 1 aliphatic rings. The Morgan fingerprint density at radius 2 is 2.38 bits per heavy atom. The minimum absolute atomic E-state index is 0.0598. The van der Waals surface area contributed by atoms with E-state index in [4.69, 9.17) is 21.1 Å². The summed E-state index contributed by atoms with van der Waals surface area (Å²) in [5, 5.41) is 4.44. The fraction of sp³-hybridized carbons (Fsp3) is 0.444. The van der Waals surface area contributed by atoms with Crippen molar-refractivity contribution in [3.63, 3.8) is 0 Å². The number of hydrogen-bond acceptors (Lipinski definition) is 5. The molecule has 2 aromatic rings. The van der Waals surface area contributed by atoms with Gasteiger partial charge in [-0.25, -0.2) is 0 Å². The van der Waals surface area contributed by atoms with E-state index >= 15 is 0 Å². The van der Waals surface area contributed by atoms with Crippen molar-refractivity contribution >= 4 is 17.4 Å². The summed E-state index contributed by atoms with van der Waals surface area (Å²) in [5.41, 5.74) is 0.756. The van der Waals surface area contributed by atoms with Crippen LogP contribution in [0.4, 0.5) is 0 Å². The first-order chi connectivity index (χ1) is 7.75. The third kappa shape index (κ3) is 1.42. The predicted octanol–water partition coefficient (Wildman–Crippen LogP) is 0.864. The maximum absolute atomic E-state index is 5.99. The molecule has 0 aromatic carbocycles. The Balaban J connectivity index is 2.10. The van der Waals surface area contributed by atoms with Gasteiger partial charge < -0.3 is 9.47 Å². The summed E-state index contributed by atoms with van der Waals surface area (Å²) < 4.78 is 12.3. The van der Waals surface area contributed by atoms with Crippen molar-refractivity contribution in [1.82, 2.24) is 19.6 Å². The van der Waals surface area contributed by atoms with Gasteiger partial charge >= 0.3 is 0 Å². The monoisotopic (exact) mass is 240 g/mol. The molecular weight excluding hydrogens is 232 g/mol. The first-order valence-electron chi connectivity index (χ1n) is 4.86. The van der Waals surface area contributed by atoms with E-state index in [0.717, 1.165) is 5.56 Å². The summed E-state index contributed by atoms with van der Waals surface area (Å²) in [4.78, 5) is 8.07. The average Bonchev–Trinajstić information content (AvgIpc) is 2.63. The van der Waals surface area contributed by atoms with Gasteiger partial charge in [-0.1, -0.05) is 11.6 Å². The highest BCUT2D eigenvalue weighted by Gasteiger charge is 2.23. The SMILES string of the molecule is Cc1c(Cl)nc2ncnn2c1OC1COC1. The van der Waals surface area contributed by atoms with Crippen molar-refractivity contribution in [2.45, 2.75) is 13.0 Å². The Morgan fingerprint density at radius 3 is 3.06 bits per heavy atom. The minimum Gasteiger partial charge on any atom is -0.469 e. The quantitative estimate of drug-likeness (QED) is 0.729. The third-order valence-electron chi connectivity index (χ3n) is 2.44. The maximum Gasteiger partial charge on any atom is 0.256 e. The summed E-state index contributed by atoms with van der Waals surface area (Å²) in [6, 6.07) is 0. The number of rotatable bonds is 2. The number of nitrogens with zero attached hydrogens (tertiary/aromatic N) is 4. The molecule has 0 radical (unpaired) electrons. The van der Waals surface area contributed by atoms with Crippen LogP contribution in [0, 0.1) is 6.92 Å². The zero-order valence-corrected chi connectivity index (χ0v) is 9.31. The van der Waals surface area contributed by atoms with Crippen molar-refractivity contribution in [1.29, 1.82) is 0 Å². The van der Waals surface area contributed by atoms with Crippen LogP contribution in [0.5, 0.6) is 5.88 Å². The van der Waals surface area contributed by atoms with Gasteiger partial charge in [-0.3, -0.25) is 0 Å². The van der Waals surface area contributed by atoms with Crippen molar-refractivity contribution in [2.75, 3.05) is 13.2 Å². The molecule has 0 atom stereocenters. The van der Waals surface area contributed by atoms with Crippen LogP contribution in [0.15, 0.2) is 6.33 Å². The van der Waals surface area contributed by atoms with Crippen LogP contribution in [0.25, 0.3) is 5.78 Å². The summed E-state index contributed by atoms with van der Waals surface area (Å²) in [6.45, 7) is 3.02. The van der Waals surface area contributed by atoms with Crippen LogP contribution in [-0.2, 0) is 4.74 Å². The summed E-state index contributed by atoms with van der Waals surface area (Å²) in [6.07, 6.45) is 1.48. The van der Waals surface area contributed by atoms with Crippen molar-refractivity contribution in [3.8, 4) is 5.88 Å². The molecule has 3 heterocycles. The summed E-state index contributed by atoms with van der Waals surface area (Å²) >= 11 is 5.99. The average molecular weight is 241 g/mol. The molecule has 16 heavy (non-hydrogen) atoms. The van der Waals surface area contributed by atoms with Gasteiger partial charge in [-0.05, 0) is 6.92 Å². The van der Waals surface area contributed by atoms with E-state index in [1.807, 2.05) is 6.92 Å². The van der Waals surface area contributed by atoms with Crippen LogP contribution in [0.3, 0.4) is 0 Å². The third-order valence-corrected chi connectivity index (χ3v) is 2.80. The number of ether oxygens (including phenoxy) is 2. The highest BCUT2D eigenvalue weighted by molar-refractivity contribution is 6.30. The summed E-state index contributed by atoms with van der Waals surface area (Å²) in [5.74, 6) is 1.02. The molecule has 84 valence electrons. The largest absolute Gasteiger partial charge is 0.469 e. The highest BCUT2D eigenvalue weighted by atomic mass is 35.5. The molecule has 1 aliphatic heterocycles. The molecule has 0 saturated carbocycles. The topological polar surface area (TPSA) is 61.5 Å². The normalized spacial score (nSPS) is 16.4. The molecular formula is C9H9ClN4O2. The van der Waals surface area contributed by atoms with Crippen LogP contribution < -0.4 is 4.74 Å². The molecule has 1 fully saturated rings. The number of hydrogen-bond donors (Lipinski definition) is 0. The molecule has 1 saturated heterocycles. The molecule has 0 unspecified atom stereocenters. The fourth-order valence-corrected chi connectivity index (χ4v) is 1.61. The molecule has 2 aromatic heterocycles. The lowest BCUT2D eigenvalue weighted by atomic mass is 10.3. The van der Waals surface area contributed by atoms with E-state index in [2.05, 4.69) is 15.1 Å². The zero-order chi connectivity index (χ0) is 11.1. The lowest BCUT2D eigenvalue weighted by Crippen LogP contribution is -2.39. The smallest absolute Gasteiger partial charge is 0.256 e. The number of halogens is 1. The van der Waals surface area contributed by atoms with Gasteiger partial charge in [-0.2, -0.15) is 19.6 Å². The molecule has 6 nitrogen and oxygen atoms in total. The fourth-order valence-electron chi connectivity index (χ4n) is 1.45. The lowest BCUT2D eigenvalue weighted by molar-refractivity contribution is -0.0823. The summed E-state index contributed by atoms with van der Waals surface area (Å²) in [7, 11) is 0. The van der Waals surface area contributed by atoms with Gasteiger partial charge in [0.05, 0.1) is 13.2 Å². The molecule has 3 rings (SSSR count). The first-order valence-corrected chi connectivity index (χ1v) is 5.24. The molecule has 0 N–H and O–H groups in total. The number of aromatic nitrogens is 4. The standard InChI is InChI=1S/C9H9ClN4O2/c1-5-7(10)13-9-11-4-12-14(9)8(5)16-6-2-15-3-6/h4,6H,2-3H2,1H3. The van der Waals surface area contributed by atoms with Crippen molar-refractivity contribution in [2.24, 2.45) is 0 Å². The van der Waals surface area contributed by atoms with Crippen molar-refractivity contribution < 1.29 is 9.47 Å². The Kier molecular flexibility index (Phi) is 2.19. The van der Waals surface area contributed by atoms with Gasteiger partial charge in [0, 0.05) is 5.56 Å². The first kappa shape index (κ1) is 9.80. The van der Waals surface area contributed by atoms with E-state index < -0.39 is 0 Å². The Labute approximate surface area is 96.2 Å². The second-order valence-electron chi connectivity index (χ2n) is 3.58. The van der Waals surface area contributed by atoms with Crippen LogP contribution in [0.2, 0.25) is 5.15 Å². The Morgan fingerprint density at radius 1 is 1.56 bits per heavy atom. The Hall–Kier alpha value is -1.40. The van der Waals surface area contributed by atoms with E-state index in [0.29, 0.717) is 30.0 Å². The van der Waals surface area contributed by atoms with Gasteiger partial charge in [0.2, 0.25) is 5.88 Å². The number of fused-ring (bicyclic) bond motifs is 1. The predicted molar refractivity (Wildman–Crippen MR) is 55.8 cm³/mol. The van der Waals surface area contributed by atoms with E-state index in [1.165, 1.54) is 6.33 Å². The molecule has 7 heteroatoms. The minimum atomic E-state index is 0.0598. The highest BCUT2D eigenvalue weighted by Crippen LogP contribution is 2.26. The van der Waals surface area contributed by atoms with Gasteiger partial charge in [0.1, 0.15) is 17.6 Å². The van der Waals surface area contributed by atoms with E-state index in [-0.39, 0.29) is 6.10 Å². The lowest BCUT2D eigenvalue weighted by Gasteiger charge is -2.27. The second-order valence-corrected chi connectivity index (χ2v) is 3.94. The Bertz CT molecular complexity index is 538. The maximum atomic E-state index is 5.99. The van der Waals surface area contributed by atoms with Crippen LogP contribution in [0.1, 0.15) is 5.56 Å². The molecule has 0 aliphatic carbocycles. The van der Waals surface area contributed by atoms with E-state index in [1.54, 1.807) is 4.52 Å². The van der Waals surface area contributed by atoms with E-state index in [9.17, 15) is 0 Å². The molecule has 0 spiro atoms. The zero-order valence-electron chi connectivity index (χ0n) is 8.55. The van der Waals surface area contributed by atoms with Gasteiger partial charge in [0.25, 0.3) is 5.78 Å². The molecule has 0 amide bonds. The van der Waals surface area contributed by atoms with Gasteiger partial charge in [0.15, 0.2) is 0 Å².